The summed E-state index contributed by atoms with van der Waals surface area (Å²) >= 11 is 0. The van der Waals surface area contributed by atoms with E-state index < -0.39 is 0 Å². The Hall–Kier alpha value is -10.1. The van der Waals surface area contributed by atoms with Crippen LogP contribution in [0.5, 0.6) is 11.5 Å². The first-order valence-electron chi connectivity index (χ1n) is 29.7. The van der Waals surface area contributed by atoms with Crippen LogP contribution in [-0.2, 0) is 31.9 Å². The van der Waals surface area contributed by atoms with Crippen molar-refractivity contribution in [1.29, 1.82) is 0 Å². The van der Waals surface area contributed by atoms with E-state index in [4.69, 9.17) is 18.6 Å². The van der Waals surface area contributed by atoms with E-state index >= 15 is 0 Å². The molecule has 0 atom stereocenters. The van der Waals surface area contributed by atoms with Crippen LogP contribution in [0.15, 0.2) is 239 Å². The fraction of sp³-hybridized carbons (Fsp3) is 0.100. The number of benzene rings is 11. The zero-order chi connectivity index (χ0) is 58.4. The van der Waals surface area contributed by atoms with Crippen LogP contribution in [0.25, 0.3) is 150 Å². The van der Waals surface area contributed by atoms with Gasteiger partial charge in [-0.15, -0.1) is 29.7 Å². The van der Waals surface area contributed by atoms with Crippen LogP contribution < -0.4 is 9.30 Å². The Kier molecular flexibility index (Phi) is 12.1. The number of imidazole rings is 1. The first-order valence-corrected chi connectivity index (χ1v) is 29.7. The summed E-state index contributed by atoms with van der Waals surface area (Å²) < 4.78 is 26.4. The number of fused-ring (bicyclic) bond motifs is 16. The molecule has 426 valence electrons. The van der Waals surface area contributed by atoms with Crippen molar-refractivity contribution < 1.29 is 39.2 Å². The number of hydrogen-bond donors (Lipinski definition) is 0. The minimum absolute atomic E-state index is 0. The summed E-state index contributed by atoms with van der Waals surface area (Å²) in [4.78, 5) is 4.93. The molecule has 17 rings (SSSR count). The molecule has 6 heterocycles. The zero-order valence-corrected chi connectivity index (χ0v) is 51.5. The van der Waals surface area contributed by atoms with E-state index in [1.165, 1.54) is 11.1 Å². The van der Waals surface area contributed by atoms with Crippen molar-refractivity contribution in [1.82, 2.24) is 14.1 Å². The van der Waals surface area contributed by atoms with Gasteiger partial charge in [0.25, 0.3) is 6.33 Å². The van der Waals surface area contributed by atoms with E-state index in [2.05, 4.69) is 256 Å². The average molecular weight is 1320 g/mol. The van der Waals surface area contributed by atoms with Gasteiger partial charge in [0.2, 0.25) is 0 Å². The summed E-state index contributed by atoms with van der Waals surface area (Å²) in [5.74, 6) is 1.94. The number of rotatable bonds is 6. The fourth-order valence-electron chi connectivity index (χ4n) is 13.4. The minimum atomic E-state index is -0.288. The monoisotopic (exact) mass is 1320 g/mol. The van der Waals surface area contributed by atoms with Crippen LogP contribution in [-0.4, -0.2) is 14.1 Å². The molecule has 1 aliphatic heterocycles. The third-order valence-corrected chi connectivity index (χ3v) is 17.7. The molecule has 0 amide bonds. The second-order valence-electron chi connectivity index (χ2n) is 25.1. The van der Waals surface area contributed by atoms with Crippen LogP contribution >= 0.6 is 0 Å². The van der Waals surface area contributed by atoms with Gasteiger partial charge in [0.15, 0.2) is 0 Å². The van der Waals surface area contributed by atoms with E-state index in [0.717, 1.165) is 150 Å². The van der Waals surface area contributed by atoms with Crippen LogP contribution in [0.2, 0.25) is 0 Å². The molecule has 7 nitrogen and oxygen atoms in total. The summed E-state index contributed by atoms with van der Waals surface area (Å²) in [6, 6.07) is 87.6. The molecule has 0 bridgehead atoms. The van der Waals surface area contributed by atoms with Gasteiger partial charge in [0.05, 0.1) is 16.7 Å². The number of furan rings is 2. The average Bonchev–Trinajstić information content (AvgIpc) is 1.59. The second kappa shape index (κ2) is 20.0. The van der Waals surface area contributed by atoms with Gasteiger partial charge in [-0.25, -0.2) is 4.98 Å². The molecular weight excluding hydrogens is 1260 g/mol. The third kappa shape index (κ3) is 8.50. The van der Waals surface area contributed by atoms with Gasteiger partial charge in [0.1, 0.15) is 28.1 Å². The number of nitrogens with zero attached hydrogens (tertiary/aromatic N) is 4. The summed E-state index contributed by atoms with van der Waals surface area (Å²) in [6.07, 6.45) is 5.96. The van der Waals surface area contributed by atoms with Crippen molar-refractivity contribution in [2.45, 2.75) is 52.4 Å². The van der Waals surface area contributed by atoms with Crippen molar-refractivity contribution in [2.24, 2.45) is 0 Å². The topological polar surface area (TPSA) is 62.1 Å². The Morgan fingerprint density at radius 1 is 0.432 bits per heavy atom. The normalized spacial score (nSPS) is 12.3. The Morgan fingerprint density at radius 2 is 1.02 bits per heavy atom. The first kappa shape index (κ1) is 53.4. The van der Waals surface area contributed by atoms with Crippen molar-refractivity contribution in [2.75, 3.05) is 0 Å². The predicted octanol–water partition coefficient (Wildman–Crippen LogP) is 20.6. The Balaban J connectivity index is 0.00000624. The van der Waals surface area contributed by atoms with Gasteiger partial charge >= 0.3 is 0 Å². The number of ether oxygens (including phenoxy) is 1. The number of aromatic nitrogens is 4. The van der Waals surface area contributed by atoms with Crippen molar-refractivity contribution in [3.8, 4) is 84.3 Å². The molecule has 0 unspecified atom stereocenters. The van der Waals surface area contributed by atoms with Gasteiger partial charge in [0, 0.05) is 65.8 Å². The van der Waals surface area contributed by atoms with E-state index in [-0.39, 0.29) is 31.9 Å². The van der Waals surface area contributed by atoms with Crippen molar-refractivity contribution in [3.05, 3.63) is 260 Å². The molecule has 0 fully saturated rings. The van der Waals surface area contributed by atoms with Crippen LogP contribution in [0.1, 0.15) is 52.7 Å². The SMILES string of the molecule is CC(C)(C)c1ccnc(-n2c3[c-]c(Oc4[c-]c(-n5[c-][n+]6c7c(cc(-c8ccc9oc%10ccccc%10c9c8)cc75)-c5ccccc5-c5ccc(-c7ccc8oc9ccccc9c8c7)cc5-c5cccc(C(C)(C)C)c5-6)ccc4)ccc3c3ccccc32)c1.[Pt]. The molecule has 8 heteroatoms. The maximum atomic E-state index is 6.91. The second-order valence-corrected chi connectivity index (χ2v) is 25.1. The maximum Gasteiger partial charge on any atom is 0.268 e. The van der Waals surface area contributed by atoms with E-state index in [1.54, 1.807) is 0 Å². The fourth-order valence-corrected chi connectivity index (χ4v) is 13.4. The standard InChI is InChI=1S/C80H56N4O3.Pt/c1-79(2,3)52-37-38-81-76(44-52)84-69-26-12-9-21-59(69)60-34-32-55(46-70(60)84)85-54-18-15-17-53(45-54)82-47-83-77-63(24-16-25-68(77)80(4,5)6)64-39-48(49-30-35-74-65(40-49)61-22-10-13-27-72(61)86-74)29-33-58(64)56-19-7-8-20-57(56)67-42-51(43-71(82)78(67)83)50-31-36-75-66(41-50)62-23-11-14-28-73(62)87-75;/h7-44H,1-6H3;/q-2;. The summed E-state index contributed by atoms with van der Waals surface area (Å²) in [5, 5.41) is 6.53. The minimum Gasteiger partial charge on any atom is -0.510 e. The Labute approximate surface area is 523 Å². The van der Waals surface area contributed by atoms with E-state index in [9.17, 15) is 0 Å². The van der Waals surface area contributed by atoms with Gasteiger partial charge in [-0.3, -0.25) is 4.57 Å². The van der Waals surface area contributed by atoms with Crippen LogP contribution in [0.3, 0.4) is 0 Å². The molecule has 88 heavy (non-hydrogen) atoms. The Bertz CT molecular complexity index is 5550. The quantitative estimate of drug-likeness (QED) is 0.123. The van der Waals surface area contributed by atoms with Crippen molar-refractivity contribution >= 4 is 76.7 Å². The molecule has 0 aliphatic carbocycles. The molecule has 11 aromatic carbocycles. The smallest absolute Gasteiger partial charge is 0.268 e. The van der Waals surface area contributed by atoms with Gasteiger partial charge in [-0.05, 0) is 155 Å². The van der Waals surface area contributed by atoms with Crippen LogP contribution in [0, 0.1) is 18.5 Å². The Morgan fingerprint density at radius 3 is 1.75 bits per heavy atom. The molecule has 1 aliphatic rings. The molecule has 0 spiro atoms. The molecule has 0 saturated carbocycles. The van der Waals surface area contributed by atoms with Gasteiger partial charge in [-0.1, -0.05) is 174 Å². The molecular formula is C80H56N4O3Pt-2. The summed E-state index contributed by atoms with van der Waals surface area (Å²) in [6.45, 7) is 13.6. The molecule has 5 aromatic heterocycles. The summed E-state index contributed by atoms with van der Waals surface area (Å²) in [5.41, 5.74) is 22.2. The number of para-hydroxylation sites is 4. The molecule has 0 radical (unpaired) electrons. The van der Waals surface area contributed by atoms with E-state index in [0.29, 0.717) is 11.5 Å². The molecule has 16 aromatic rings. The third-order valence-electron chi connectivity index (χ3n) is 17.7. The zero-order valence-electron chi connectivity index (χ0n) is 49.3. The van der Waals surface area contributed by atoms with E-state index in [1.807, 2.05) is 48.7 Å². The number of pyridine rings is 1. The largest absolute Gasteiger partial charge is 0.510 e. The maximum absolute atomic E-state index is 6.91. The summed E-state index contributed by atoms with van der Waals surface area (Å²) in [7, 11) is 0. The number of hydrogen-bond acceptors (Lipinski definition) is 4. The molecule has 0 N–H and O–H groups in total. The first-order chi connectivity index (χ1) is 42.4. The van der Waals surface area contributed by atoms with Gasteiger partial charge < -0.3 is 22.7 Å². The van der Waals surface area contributed by atoms with Crippen LogP contribution in [0.4, 0.5) is 0 Å². The molecule has 0 saturated heterocycles. The van der Waals surface area contributed by atoms with Gasteiger partial charge in [-0.2, -0.15) is 18.2 Å². The predicted molar refractivity (Wildman–Crippen MR) is 353 cm³/mol. The van der Waals surface area contributed by atoms with Crippen molar-refractivity contribution in [3.63, 3.8) is 0 Å².